The van der Waals surface area contributed by atoms with E-state index >= 15 is 0 Å². The first kappa shape index (κ1) is 17.9. The Kier molecular flexibility index (Phi) is 4.64. The second-order valence-electron chi connectivity index (χ2n) is 6.40. The zero-order valence-electron chi connectivity index (χ0n) is 15.7. The van der Waals surface area contributed by atoms with Crippen LogP contribution in [0.2, 0.25) is 0 Å². The summed E-state index contributed by atoms with van der Waals surface area (Å²) < 4.78 is 15.8. The molecule has 1 fully saturated rings. The van der Waals surface area contributed by atoms with Crippen LogP contribution in [-0.4, -0.2) is 61.2 Å². The number of furan rings is 1. The third-order valence-corrected chi connectivity index (χ3v) is 4.85. The maximum absolute atomic E-state index is 12.5. The van der Waals surface area contributed by atoms with E-state index < -0.39 is 0 Å². The van der Waals surface area contributed by atoms with Gasteiger partial charge in [-0.2, -0.15) is 4.98 Å². The number of nitrogens with two attached hydrogens (primary N) is 1. The highest BCUT2D eigenvalue weighted by Crippen LogP contribution is 2.36. The fourth-order valence-corrected chi connectivity index (χ4v) is 3.34. The first-order chi connectivity index (χ1) is 13.6. The number of benzene rings is 1. The molecule has 0 radical (unpaired) electrons. The lowest BCUT2D eigenvalue weighted by Crippen LogP contribution is -2.49. The molecule has 1 aliphatic rings. The van der Waals surface area contributed by atoms with Crippen LogP contribution in [0.4, 0.5) is 11.8 Å². The van der Waals surface area contributed by atoms with Crippen molar-refractivity contribution in [1.29, 1.82) is 0 Å². The maximum atomic E-state index is 12.5. The molecule has 1 aromatic carbocycles. The standard InChI is InChI=1S/C19H21N5O4/c1-26-14-4-3-13-15(16(14)27-2)21-19(22-17(13)20)24-8-6-23(7-9-24)18(25)12-5-10-28-11-12/h3-5,10-11H,6-9H2,1-2H3,(H2,20,21,22). The molecule has 2 aromatic heterocycles. The molecular formula is C19H21N5O4. The number of aromatic nitrogens is 2. The zero-order valence-corrected chi connectivity index (χ0v) is 15.7. The quantitative estimate of drug-likeness (QED) is 0.727. The number of hydrogen-bond donors (Lipinski definition) is 1. The number of fused-ring (bicyclic) bond motifs is 1. The Labute approximate surface area is 161 Å². The van der Waals surface area contributed by atoms with E-state index in [0.717, 1.165) is 0 Å². The SMILES string of the molecule is COc1ccc2c(N)nc(N3CCN(C(=O)c4ccoc4)CC3)nc2c1OC. The number of carbonyl (C=O) groups is 1. The summed E-state index contributed by atoms with van der Waals surface area (Å²) in [6.07, 6.45) is 2.96. The molecule has 1 aliphatic heterocycles. The lowest BCUT2D eigenvalue weighted by Gasteiger charge is -2.34. The average molecular weight is 383 g/mol. The van der Waals surface area contributed by atoms with Crippen molar-refractivity contribution in [3.8, 4) is 11.5 Å². The summed E-state index contributed by atoms with van der Waals surface area (Å²) in [5.41, 5.74) is 7.32. The predicted molar refractivity (Wildman–Crippen MR) is 104 cm³/mol. The molecule has 0 bridgehead atoms. The molecule has 0 aliphatic carbocycles. The van der Waals surface area contributed by atoms with Crippen molar-refractivity contribution in [2.45, 2.75) is 0 Å². The molecule has 3 aromatic rings. The van der Waals surface area contributed by atoms with E-state index in [0.29, 0.717) is 65.9 Å². The number of rotatable bonds is 4. The van der Waals surface area contributed by atoms with Crippen molar-refractivity contribution in [3.63, 3.8) is 0 Å². The highest BCUT2D eigenvalue weighted by molar-refractivity contribution is 5.95. The smallest absolute Gasteiger partial charge is 0.257 e. The zero-order chi connectivity index (χ0) is 19.7. The summed E-state index contributed by atoms with van der Waals surface area (Å²) in [5, 5.41) is 0.704. The molecule has 146 valence electrons. The van der Waals surface area contributed by atoms with Crippen molar-refractivity contribution in [2.75, 3.05) is 51.0 Å². The summed E-state index contributed by atoms with van der Waals surface area (Å²) in [7, 11) is 3.14. The van der Waals surface area contributed by atoms with E-state index in [2.05, 4.69) is 9.97 Å². The number of carbonyl (C=O) groups excluding carboxylic acids is 1. The van der Waals surface area contributed by atoms with Gasteiger partial charge in [0.25, 0.3) is 5.91 Å². The fraction of sp³-hybridized carbons (Fsp3) is 0.316. The number of nitrogen functional groups attached to an aromatic ring is 1. The minimum Gasteiger partial charge on any atom is -0.493 e. The molecule has 0 atom stereocenters. The maximum Gasteiger partial charge on any atom is 0.257 e. The molecule has 1 saturated heterocycles. The van der Waals surface area contributed by atoms with Gasteiger partial charge < -0.3 is 29.4 Å². The lowest BCUT2D eigenvalue weighted by atomic mass is 10.2. The number of methoxy groups -OCH3 is 2. The largest absolute Gasteiger partial charge is 0.493 e. The normalized spacial score (nSPS) is 14.4. The Hall–Kier alpha value is -3.49. The Bertz CT molecular complexity index is 997. The Morgan fingerprint density at radius 3 is 2.54 bits per heavy atom. The predicted octanol–water partition coefficient (Wildman–Crippen LogP) is 1.78. The van der Waals surface area contributed by atoms with Gasteiger partial charge in [-0.05, 0) is 18.2 Å². The lowest BCUT2D eigenvalue weighted by molar-refractivity contribution is 0.0745. The average Bonchev–Trinajstić information content (AvgIpc) is 3.27. The molecule has 4 rings (SSSR count). The van der Waals surface area contributed by atoms with Gasteiger partial charge in [-0.15, -0.1) is 0 Å². The van der Waals surface area contributed by atoms with Crippen molar-refractivity contribution in [2.24, 2.45) is 0 Å². The number of piperazine rings is 1. The molecule has 3 heterocycles. The van der Waals surface area contributed by atoms with Gasteiger partial charge in [0.1, 0.15) is 17.6 Å². The van der Waals surface area contributed by atoms with E-state index in [1.165, 1.54) is 12.5 Å². The van der Waals surface area contributed by atoms with Gasteiger partial charge in [-0.1, -0.05) is 0 Å². The first-order valence-electron chi connectivity index (χ1n) is 8.87. The van der Waals surface area contributed by atoms with Crippen molar-refractivity contribution in [1.82, 2.24) is 14.9 Å². The highest BCUT2D eigenvalue weighted by Gasteiger charge is 2.25. The summed E-state index contributed by atoms with van der Waals surface area (Å²) in [6.45, 7) is 2.31. The Morgan fingerprint density at radius 2 is 1.89 bits per heavy atom. The van der Waals surface area contributed by atoms with Crippen LogP contribution in [0.25, 0.3) is 10.9 Å². The van der Waals surface area contributed by atoms with Gasteiger partial charge in [0.05, 0.1) is 26.0 Å². The van der Waals surface area contributed by atoms with Crippen LogP contribution in [0.15, 0.2) is 35.1 Å². The van der Waals surface area contributed by atoms with Gasteiger partial charge in [-0.25, -0.2) is 4.98 Å². The molecule has 2 N–H and O–H groups in total. The van der Waals surface area contributed by atoms with Crippen LogP contribution >= 0.6 is 0 Å². The minimum atomic E-state index is -0.0428. The van der Waals surface area contributed by atoms with Gasteiger partial charge in [0.2, 0.25) is 5.95 Å². The molecule has 28 heavy (non-hydrogen) atoms. The monoisotopic (exact) mass is 383 g/mol. The highest BCUT2D eigenvalue weighted by atomic mass is 16.5. The molecule has 1 amide bonds. The molecule has 9 heteroatoms. The fourth-order valence-electron chi connectivity index (χ4n) is 3.34. The Balaban J connectivity index is 1.59. The number of amides is 1. The van der Waals surface area contributed by atoms with Gasteiger partial charge in [0.15, 0.2) is 11.5 Å². The van der Waals surface area contributed by atoms with E-state index in [9.17, 15) is 4.79 Å². The number of anilines is 2. The molecule has 0 saturated carbocycles. The van der Waals surface area contributed by atoms with Crippen LogP contribution < -0.4 is 20.1 Å². The van der Waals surface area contributed by atoms with Crippen LogP contribution in [0, 0.1) is 0 Å². The van der Waals surface area contributed by atoms with E-state index in [1.54, 1.807) is 31.3 Å². The van der Waals surface area contributed by atoms with Crippen molar-refractivity contribution >= 4 is 28.6 Å². The summed E-state index contributed by atoms with van der Waals surface area (Å²) in [5.74, 6) is 1.93. The van der Waals surface area contributed by atoms with Gasteiger partial charge in [0, 0.05) is 31.6 Å². The minimum absolute atomic E-state index is 0.0428. The van der Waals surface area contributed by atoms with Crippen LogP contribution in [-0.2, 0) is 0 Å². The number of hydrogen-bond acceptors (Lipinski definition) is 8. The topological polar surface area (TPSA) is 107 Å². The molecular weight excluding hydrogens is 362 g/mol. The number of nitrogens with zero attached hydrogens (tertiary/aromatic N) is 4. The Morgan fingerprint density at radius 1 is 1.11 bits per heavy atom. The van der Waals surface area contributed by atoms with Crippen LogP contribution in [0.3, 0.4) is 0 Å². The second kappa shape index (κ2) is 7.26. The van der Waals surface area contributed by atoms with Gasteiger partial charge >= 0.3 is 0 Å². The second-order valence-corrected chi connectivity index (χ2v) is 6.40. The molecule has 9 nitrogen and oxygen atoms in total. The third kappa shape index (κ3) is 3.04. The van der Waals surface area contributed by atoms with E-state index in [1.807, 2.05) is 11.0 Å². The van der Waals surface area contributed by atoms with Gasteiger partial charge in [-0.3, -0.25) is 4.79 Å². The first-order valence-corrected chi connectivity index (χ1v) is 8.87. The molecule has 0 spiro atoms. The summed E-state index contributed by atoms with van der Waals surface area (Å²) in [6, 6.07) is 5.26. The van der Waals surface area contributed by atoms with E-state index in [4.69, 9.17) is 19.6 Å². The summed E-state index contributed by atoms with van der Waals surface area (Å²) >= 11 is 0. The van der Waals surface area contributed by atoms with Crippen molar-refractivity contribution in [3.05, 3.63) is 36.3 Å². The summed E-state index contributed by atoms with van der Waals surface area (Å²) in [4.78, 5) is 25.4. The molecule has 0 unspecified atom stereocenters. The number of ether oxygens (including phenoxy) is 2. The van der Waals surface area contributed by atoms with Crippen molar-refractivity contribution < 1.29 is 18.7 Å². The third-order valence-electron chi connectivity index (χ3n) is 4.85. The van der Waals surface area contributed by atoms with E-state index in [-0.39, 0.29) is 5.91 Å². The van der Waals surface area contributed by atoms with Crippen LogP contribution in [0.5, 0.6) is 11.5 Å². The van der Waals surface area contributed by atoms with Crippen LogP contribution in [0.1, 0.15) is 10.4 Å².